The van der Waals surface area contributed by atoms with Gasteiger partial charge < -0.3 is 10.6 Å². The van der Waals surface area contributed by atoms with Gasteiger partial charge in [0.15, 0.2) is 0 Å². The first kappa shape index (κ1) is 11.2. The van der Waals surface area contributed by atoms with Gasteiger partial charge in [-0.15, -0.1) is 0 Å². The quantitative estimate of drug-likeness (QED) is 0.734. The van der Waals surface area contributed by atoms with Crippen LogP contribution in [0.4, 0.5) is 5.69 Å². The molecule has 15 heavy (non-hydrogen) atoms. The van der Waals surface area contributed by atoms with E-state index in [1.165, 1.54) is 0 Å². The summed E-state index contributed by atoms with van der Waals surface area (Å²) in [7, 11) is 3.56. The fourth-order valence-corrected chi connectivity index (χ4v) is 1.29. The van der Waals surface area contributed by atoms with E-state index in [0.717, 1.165) is 11.3 Å². The Morgan fingerprint density at radius 3 is 2.53 bits per heavy atom. The lowest BCUT2D eigenvalue weighted by molar-refractivity contribution is -0.116. The molecule has 0 fully saturated rings. The van der Waals surface area contributed by atoms with Gasteiger partial charge in [-0.1, -0.05) is 12.1 Å². The third-order valence-electron chi connectivity index (χ3n) is 2.01. The minimum absolute atomic E-state index is 0.223. The summed E-state index contributed by atoms with van der Waals surface area (Å²) in [5, 5.41) is 0. The number of amides is 1. The molecule has 2 N–H and O–H groups in total. The highest BCUT2D eigenvalue weighted by atomic mass is 16.1. The van der Waals surface area contributed by atoms with Crippen LogP contribution in [0.5, 0.6) is 0 Å². The molecule has 0 spiro atoms. The van der Waals surface area contributed by atoms with E-state index in [2.05, 4.69) is 4.99 Å². The van der Waals surface area contributed by atoms with Gasteiger partial charge in [0, 0.05) is 26.0 Å². The number of rotatable bonds is 4. The summed E-state index contributed by atoms with van der Waals surface area (Å²) in [5.41, 5.74) is 7.10. The van der Waals surface area contributed by atoms with E-state index < -0.39 is 0 Å². The zero-order valence-corrected chi connectivity index (χ0v) is 8.97. The second-order valence-electron chi connectivity index (χ2n) is 3.30. The van der Waals surface area contributed by atoms with Crippen molar-refractivity contribution in [1.82, 2.24) is 0 Å². The van der Waals surface area contributed by atoms with Crippen LogP contribution in [-0.4, -0.2) is 32.8 Å². The van der Waals surface area contributed by atoms with E-state index in [9.17, 15) is 4.79 Å². The Bertz CT molecular complexity index is 357. The monoisotopic (exact) mass is 205 g/mol. The Morgan fingerprint density at radius 2 is 2.07 bits per heavy atom. The standard InChI is InChI=1S/C11H15N3O/c1-13-7-9-3-5-10(6-4-9)14(2)8-11(12)15/h3-7H,8H2,1-2H3,(H2,12,15). The molecule has 4 nitrogen and oxygen atoms in total. The Balaban J connectivity index is 2.74. The van der Waals surface area contributed by atoms with Crippen LogP contribution in [-0.2, 0) is 4.79 Å². The van der Waals surface area contributed by atoms with Crippen LogP contribution >= 0.6 is 0 Å². The molecule has 0 aliphatic rings. The molecule has 0 heterocycles. The van der Waals surface area contributed by atoms with Gasteiger partial charge in [0.25, 0.3) is 0 Å². The Morgan fingerprint density at radius 1 is 1.47 bits per heavy atom. The summed E-state index contributed by atoms with van der Waals surface area (Å²) >= 11 is 0. The average molecular weight is 205 g/mol. The SMILES string of the molecule is CN=Cc1ccc(N(C)CC(N)=O)cc1. The van der Waals surface area contributed by atoms with Crippen LogP contribution < -0.4 is 10.6 Å². The maximum Gasteiger partial charge on any atom is 0.236 e. The zero-order chi connectivity index (χ0) is 11.3. The number of aliphatic imine (C=N–C) groups is 1. The molecule has 4 heteroatoms. The molecule has 80 valence electrons. The van der Waals surface area contributed by atoms with Crippen molar-refractivity contribution in [2.75, 3.05) is 25.5 Å². The van der Waals surface area contributed by atoms with Crippen LogP contribution in [0, 0.1) is 0 Å². The lowest BCUT2D eigenvalue weighted by atomic mass is 10.2. The smallest absolute Gasteiger partial charge is 0.236 e. The molecule has 0 atom stereocenters. The largest absolute Gasteiger partial charge is 0.368 e. The van der Waals surface area contributed by atoms with Crippen molar-refractivity contribution >= 4 is 17.8 Å². The fraction of sp³-hybridized carbons (Fsp3) is 0.273. The van der Waals surface area contributed by atoms with Crippen molar-refractivity contribution in [2.24, 2.45) is 10.7 Å². The van der Waals surface area contributed by atoms with Crippen LogP contribution in [0.15, 0.2) is 29.3 Å². The predicted molar refractivity (Wildman–Crippen MR) is 62.4 cm³/mol. The Labute approximate surface area is 89.4 Å². The van der Waals surface area contributed by atoms with E-state index in [4.69, 9.17) is 5.73 Å². The third kappa shape index (κ3) is 3.42. The van der Waals surface area contributed by atoms with Crippen LogP contribution in [0.2, 0.25) is 0 Å². The van der Waals surface area contributed by atoms with Gasteiger partial charge in [0.2, 0.25) is 5.91 Å². The van der Waals surface area contributed by atoms with Crippen molar-refractivity contribution in [3.63, 3.8) is 0 Å². The number of nitrogens with two attached hydrogens (primary N) is 1. The highest BCUT2D eigenvalue weighted by Gasteiger charge is 2.03. The van der Waals surface area contributed by atoms with E-state index in [0.29, 0.717) is 0 Å². The van der Waals surface area contributed by atoms with E-state index in [1.54, 1.807) is 18.2 Å². The summed E-state index contributed by atoms with van der Waals surface area (Å²) in [6.45, 7) is 0.223. The summed E-state index contributed by atoms with van der Waals surface area (Å²) in [6, 6.07) is 7.75. The lowest BCUT2D eigenvalue weighted by Gasteiger charge is -2.16. The van der Waals surface area contributed by atoms with Gasteiger partial charge in [0.05, 0.1) is 6.54 Å². The molecule has 0 aromatic heterocycles. The minimum atomic E-state index is -0.336. The van der Waals surface area contributed by atoms with Gasteiger partial charge in [0.1, 0.15) is 0 Å². The third-order valence-corrected chi connectivity index (χ3v) is 2.01. The number of benzene rings is 1. The lowest BCUT2D eigenvalue weighted by Crippen LogP contribution is -2.30. The van der Waals surface area contributed by atoms with Crippen LogP contribution in [0.1, 0.15) is 5.56 Å². The van der Waals surface area contributed by atoms with Gasteiger partial charge in [-0.05, 0) is 17.7 Å². The molecule has 0 aliphatic heterocycles. The summed E-state index contributed by atoms with van der Waals surface area (Å²) in [4.78, 5) is 16.4. The molecule has 0 unspecified atom stereocenters. The van der Waals surface area contributed by atoms with Crippen molar-refractivity contribution < 1.29 is 4.79 Å². The van der Waals surface area contributed by atoms with E-state index in [1.807, 2.05) is 31.3 Å². The maximum atomic E-state index is 10.7. The van der Waals surface area contributed by atoms with Crippen LogP contribution in [0.3, 0.4) is 0 Å². The maximum absolute atomic E-state index is 10.7. The number of carbonyl (C=O) groups excluding carboxylic acids is 1. The summed E-state index contributed by atoms with van der Waals surface area (Å²) in [5.74, 6) is -0.336. The number of likely N-dealkylation sites (N-methyl/N-ethyl adjacent to an activating group) is 1. The molecular weight excluding hydrogens is 190 g/mol. The fourth-order valence-electron chi connectivity index (χ4n) is 1.29. The highest BCUT2D eigenvalue weighted by Crippen LogP contribution is 2.12. The van der Waals surface area contributed by atoms with E-state index in [-0.39, 0.29) is 12.5 Å². The first-order valence-electron chi connectivity index (χ1n) is 4.65. The second kappa shape index (κ2) is 5.14. The number of nitrogens with zero attached hydrogens (tertiary/aromatic N) is 2. The number of anilines is 1. The molecule has 1 aromatic carbocycles. The second-order valence-corrected chi connectivity index (χ2v) is 3.30. The average Bonchev–Trinajstić information content (AvgIpc) is 2.18. The van der Waals surface area contributed by atoms with Gasteiger partial charge in [-0.25, -0.2) is 0 Å². The predicted octanol–water partition coefficient (Wildman–Crippen LogP) is 0.657. The van der Waals surface area contributed by atoms with Gasteiger partial charge >= 0.3 is 0 Å². The Hall–Kier alpha value is -1.84. The molecule has 0 radical (unpaired) electrons. The first-order valence-corrected chi connectivity index (χ1v) is 4.65. The number of hydrogen-bond donors (Lipinski definition) is 1. The topological polar surface area (TPSA) is 58.7 Å². The molecule has 0 saturated carbocycles. The first-order chi connectivity index (χ1) is 7.13. The van der Waals surface area contributed by atoms with Crippen LogP contribution in [0.25, 0.3) is 0 Å². The Kier molecular flexibility index (Phi) is 3.85. The number of primary amides is 1. The number of carbonyl (C=O) groups is 1. The molecule has 0 saturated heterocycles. The summed E-state index contributed by atoms with van der Waals surface area (Å²) in [6.07, 6.45) is 1.78. The molecule has 1 rings (SSSR count). The molecule has 1 aromatic rings. The van der Waals surface area contributed by atoms with Crippen molar-refractivity contribution in [2.45, 2.75) is 0 Å². The van der Waals surface area contributed by atoms with Crippen molar-refractivity contribution in [3.05, 3.63) is 29.8 Å². The van der Waals surface area contributed by atoms with Crippen molar-refractivity contribution in [3.8, 4) is 0 Å². The molecule has 0 bridgehead atoms. The van der Waals surface area contributed by atoms with E-state index >= 15 is 0 Å². The molecule has 1 amide bonds. The highest BCUT2D eigenvalue weighted by molar-refractivity contribution is 5.81. The molecule has 0 aliphatic carbocycles. The van der Waals surface area contributed by atoms with Gasteiger partial charge in [-0.3, -0.25) is 9.79 Å². The minimum Gasteiger partial charge on any atom is -0.368 e. The summed E-state index contributed by atoms with van der Waals surface area (Å²) < 4.78 is 0. The van der Waals surface area contributed by atoms with Gasteiger partial charge in [-0.2, -0.15) is 0 Å². The van der Waals surface area contributed by atoms with Crippen molar-refractivity contribution in [1.29, 1.82) is 0 Å². The number of hydrogen-bond acceptors (Lipinski definition) is 3. The normalized spacial score (nSPS) is 10.5. The molecular formula is C11H15N3O. The zero-order valence-electron chi connectivity index (χ0n) is 8.97.